The van der Waals surface area contributed by atoms with E-state index in [-0.39, 0.29) is 12.0 Å². The second-order valence-electron chi connectivity index (χ2n) is 6.23. The summed E-state index contributed by atoms with van der Waals surface area (Å²) in [5.74, 6) is -0.0978. The van der Waals surface area contributed by atoms with E-state index < -0.39 is 11.0 Å². The molecule has 1 atom stereocenters. The second kappa shape index (κ2) is 4.74. The third-order valence-corrected chi connectivity index (χ3v) is 3.11. The molecule has 1 fully saturated rings. The molecule has 0 radical (unpaired) electrons. The highest BCUT2D eigenvalue weighted by Gasteiger charge is 2.40. The topological polar surface area (TPSA) is 38.3 Å². The SMILES string of the molecule is CC(C)(C)OC(=O)C(C)(C)C1CCCCN1. The quantitative estimate of drug-likeness (QED) is 0.737. The molecule has 1 aliphatic rings. The Morgan fingerprint density at radius 1 is 1.19 bits per heavy atom. The fraction of sp³-hybridized carbons (Fsp3) is 0.923. The van der Waals surface area contributed by atoms with Crippen molar-refractivity contribution < 1.29 is 9.53 Å². The van der Waals surface area contributed by atoms with Crippen LogP contribution in [-0.2, 0) is 9.53 Å². The van der Waals surface area contributed by atoms with Gasteiger partial charge in [0.15, 0.2) is 0 Å². The van der Waals surface area contributed by atoms with E-state index in [4.69, 9.17) is 4.74 Å². The molecule has 3 heteroatoms. The number of piperidine rings is 1. The van der Waals surface area contributed by atoms with Crippen molar-refractivity contribution in [3.8, 4) is 0 Å². The van der Waals surface area contributed by atoms with Crippen LogP contribution in [0.1, 0.15) is 53.9 Å². The summed E-state index contributed by atoms with van der Waals surface area (Å²) in [6, 6.07) is 0.246. The molecule has 3 nitrogen and oxygen atoms in total. The van der Waals surface area contributed by atoms with Gasteiger partial charge < -0.3 is 10.1 Å². The molecule has 1 saturated heterocycles. The van der Waals surface area contributed by atoms with Crippen LogP contribution in [0.3, 0.4) is 0 Å². The Morgan fingerprint density at radius 2 is 1.81 bits per heavy atom. The van der Waals surface area contributed by atoms with Gasteiger partial charge in [-0.1, -0.05) is 6.42 Å². The molecule has 1 aliphatic heterocycles. The van der Waals surface area contributed by atoms with Crippen molar-refractivity contribution in [2.24, 2.45) is 5.41 Å². The maximum absolute atomic E-state index is 12.1. The van der Waals surface area contributed by atoms with Gasteiger partial charge >= 0.3 is 5.97 Å². The van der Waals surface area contributed by atoms with E-state index in [1.807, 2.05) is 34.6 Å². The monoisotopic (exact) mass is 227 g/mol. The fourth-order valence-corrected chi connectivity index (χ4v) is 2.02. The Morgan fingerprint density at radius 3 is 2.25 bits per heavy atom. The van der Waals surface area contributed by atoms with Crippen LogP contribution in [-0.4, -0.2) is 24.2 Å². The van der Waals surface area contributed by atoms with Crippen LogP contribution in [0.2, 0.25) is 0 Å². The van der Waals surface area contributed by atoms with Crippen molar-refractivity contribution in [1.82, 2.24) is 5.32 Å². The van der Waals surface area contributed by atoms with E-state index in [0.29, 0.717) is 0 Å². The average Bonchev–Trinajstić information content (AvgIpc) is 2.16. The highest BCUT2D eigenvalue weighted by atomic mass is 16.6. The van der Waals surface area contributed by atoms with Crippen LogP contribution >= 0.6 is 0 Å². The normalized spacial score (nSPS) is 22.9. The molecule has 0 aromatic rings. The zero-order valence-corrected chi connectivity index (χ0v) is 11.2. The van der Waals surface area contributed by atoms with E-state index in [1.165, 1.54) is 12.8 Å². The summed E-state index contributed by atoms with van der Waals surface area (Å²) in [5.41, 5.74) is -0.837. The average molecular weight is 227 g/mol. The first-order chi connectivity index (χ1) is 7.23. The largest absolute Gasteiger partial charge is 0.460 e. The zero-order valence-electron chi connectivity index (χ0n) is 11.2. The van der Waals surface area contributed by atoms with Gasteiger partial charge in [0.2, 0.25) is 0 Å². The Kier molecular flexibility index (Phi) is 4.00. The van der Waals surface area contributed by atoms with Gasteiger partial charge in [-0.25, -0.2) is 0 Å². The minimum atomic E-state index is -0.437. The minimum Gasteiger partial charge on any atom is -0.460 e. The van der Waals surface area contributed by atoms with Crippen LogP contribution in [0.15, 0.2) is 0 Å². The summed E-state index contributed by atoms with van der Waals surface area (Å²) in [4.78, 5) is 12.1. The Hall–Kier alpha value is -0.570. The van der Waals surface area contributed by atoms with Crippen molar-refractivity contribution in [3.63, 3.8) is 0 Å². The van der Waals surface area contributed by atoms with Gasteiger partial charge in [-0.15, -0.1) is 0 Å². The first kappa shape index (κ1) is 13.5. The Balaban J connectivity index is 2.64. The number of hydrogen-bond donors (Lipinski definition) is 1. The van der Waals surface area contributed by atoms with E-state index in [9.17, 15) is 4.79 Å². The fourth-order valence-electron chi connectivity index (χ4n) is 2.02. The molecule has 0 aromatic carbocycles. The summed E-state index contributed by atoms with van der Waals surface area (Å²) in [6.07, 6.45) is 3.47. The molecular weight excluding hydrogens is 202 g/mol. The molecule has 0 saturated carbocycles. The van der Waals surface area contributed by atoms with Crippen LogP contribution < -0.4 is 5.32 Å². The highest BCUT2D eigenvalue weighted by Crippen LogP contribution is 2.29. The first-order valence-corrected chi connectivity index (χ1v) is 6.20. The van der Waals surface area contributed by atoms with Gasteiger partial charge in [-0.05, 0) is 54.0 Å². The number of rotatable bonds is 2. The Labute approximate surface area is 98.9 Å². The van der Waals surface area contributed by atoms with Crippen LogP contribution in [0.5, 0.6) is 0 Å². The standard InChI is InChI=1S/C13H25NO2/c1-12(2,3)16-11(15)13(4,5)10-8-6-7-9-14-10/h10,14H,6-9H2,1-5H3. The minimum absolute atomic E-state index is 0.0978. The van der Waals surface area contributed by atoms with Gasteiger partial charge in [0.25, 0.3) is 0 Å². The molecule has 16 heavy (non-hydrogen) atoms. The third-order valence-electron chi connectivity index (χ3n) is 3.11. The summed E-state index contributed by atoms with van der Waals surface area (Å²) >= 11 is 0. The van der Waals surface area contributed by atoms with Crippen LogP contribution in [0, 0.1) is 5.41 Å². The summed E-state index contributed by atoms with van der Waals surface area (Å²) in [6.45, 7) is 10.7. The highest BCUT2D eigenvalue weighted by molar-refractivity contribution is 5.77. The number of carbonyl (C=O) groups is 1. The lowest BCUT2D eigenvalue weighted by atomic mass is 9.80. The summed E-state index contributed by atoms with van der Waals surface area (Å²) in [7, 11) is 0. The molecular formula is C13H25NO2. The smallest absolute Gasteiger partial charge is 0.313 e. The van der Waals surface area contributed by atoms with E-state index in [0.717, 1.165) is 13.0 Å². The third kappa shape index (κ3) is 3.48. The predicted octanol–water partition coefficient (Wildman–Crippen LogP) is 2.50. The van der Waals surface area contributed by atoms with E-state index in [2.05, 4.69) is 5.32 Å². The van der Waals surface area contributed by atoms with Gasteiger partial charge in [0.05, 0.1) is 5.41 Å². The molecule has 1 N–H and O–H groups in total. The van der Waals surface area contributed by atoms with Crippen molar-refractivity contribution in [2.75, 3.05) is 6.54 Å². The van der Waals surface area contributed by atoms with E-state index >= 15 is 0 Å². The number of nitrogens with one attached hydrogen (secondary N) is 1. The van der Waals surface area contributed by atoms with Crippen LogP contribution in [0.4, 0.5) is 0 Å². The number of ether oxygens (including phenoxy) is 1. The van der Waals surface area contributed by atoms with Gasteiger partial charge in [0.1, 0.15) is 5.60 Å². The number of carbonyl (C=O) groups excluding carboxylic acids is 1. The Bertz CT molecular complexity index is 247. The van der Waals surface area contributed by atoms with Crippen molar-refractivity contribution in [3.05, 3.63) is 0 Å². The molecule has 94 valence electrons. The van der Waals surface area contributed by atoms with Gasteiger partial charge in [-0.2, -0.15) is 0 Å². The molecule has 1 heterocycles. The van der Waals surface area contributed by atoms with Crippen molar-refractivity contribution in [2.45, 2.75) is 65.5 Å². The molecule has 0 amide bonds. The number of esters is 1. The van der Waals surface area contributed by atoms with E-state index in [1.54, 1.807) is 0 Å². The van der Waals surface area contributed by atoms with Crippen molar-refractivity contribution in [1.29, 1.82) is 0 Å². The zero-order chi connectivity index (χ0) is 12.4. The molecule has 0 bridgehead atoms. The summed E-state index contributed by atoms with van der Waals surface area (Å²) in [5, 5.41) is 3.43. The lowest BCUT2D eigenvalue weighted by Crippen LogP contribution is -2.50. The predicted molar refractivity (Wildman–Crippen MR) is 65.3 cm³/mol. The first-order valence-electron chi connectivity index (χ1n) is 6.20. The maximum Gasteiger partial charge on any atom is 0.313 e. The lowest BCUT2D eigenvalue weighted by Gasteiger charge is -2.37. The second-order valence-corrected chi connectivity index (χ2v) is 6.23. The van der Waals surface area contributed by atoms with Crippen LogP contribution in [0.25, 0.3) is 0 Å². The lowest BCUT2D eigenvalue weighted by molar-refractivity contribution is -0.167. The molecule has 1 rings (SSSR count). The molecule has 0 aliphatic carbocycles. The number of hydrogen-bond acceptors (Lipinski definition) is 3. The summed E-state index contributed by atoms with van der Waals surface area (Å²) < 4.78 is 5.48. The van der Waals surface area contributed by atoms with Gasteiger partial charge in [0, 0.05) is 6.04 Å². The van der Waals surface area contributed by atoms with Gasteiger partial charge in [-0.3, -0.25) is 4.79 Å². The molecule has 1 unspecified atom stereocenters. The van der Waals surface area contributed by atoms with Crippen molar-refractivity contribution >= 4 is 5.97 Å². The maximum atomic E-state index is 12.1. The molecule has 0 aromatic heterocycles. The molecule has 0 spiro atoms.